The van der Waals surface area contributed by atoms with Gasteiger partial charge in [0, 0.05) is 11.8 Å². The molecule has 1 unspecified atom stereocenters. The molecule has 0 N–H and O–H groups in total. The van der Waals surface area contributed by atoms with Gasteiger partial charge in [-0.2, -0.15) is 0 Å². The van der Waals surface area contributed by atoms with Gasteiger partial charge in [0.2, 0.25) is 0 Å². The predicted octanol–water partition coefficient (Wildman–Crippen LogP) is 3.79. The number of aryl methyl sites for hydroxylation is 1. The number of esters is 1. The smallest absolute Gasteiger partial charge is 0.339 e. The van der Waals surface area contributed by atoms with E-state index in [0.717, 1.165) is 17.9 Å². The van der Waals surface area contributed by atoms with Crippen molar-refractivity contribution in [3.63, 3.8) is 0 Å². The van der Waals surface area contributed by atoms with Crippen LogP contribution < -0.4 is 4.74 Å². The molecule has 0 saturated heterocycles. The van der Waals surface area contributed by atoms with Gasteiger partial charge < -0.3 is 9.47 Å². The molecule has 5 nitrogen and oxygen atoms in total. The molecule has 0 spiro atoms. The summed E-state index contributed by atoms with van der Waals surface area (Å²) >= 11 is 0. The lowest BCUT2D eigenvalue weighted by atomic mass is 9.91. The van der Waals surface area contributed by atoms with Crippen molar-refractivity contribution in [2.75, 3.05) is 13.4 Å². The predicted molar refractivity (Wildman–Crippen MR) is 104 cm³/mol. The second-order valence-corrected chi connectivity index (χ2v) is 8.68. The van der Waals surface area contributed by atoms with Gasteiger partial charge in [0.15, 0.2) is 9.84 Å². The number of ether oxygens (including phenoxy) is 2. The lowest BCUT2D eigenvalue weighted by Crippen LogP contribution is -2.10. The highest BCUT2D eigenvalue weighted by atomic mass is 32.2. The molecule has 0 aromatic heterocycles. The monoisotopic (exact) mass is 404 g/mol. The maximum atomic E-state index is 14.5. The van der Waals surface area contributed by atoms with E-state index in [0.29, 0.717) is 34.4 Å². The summed E-state index contributed by atoms with van der Waals surface area (Å²) in [6, 6.07) is 9.20. The molecule has 148 valence electrons. The van der Waals surface area contributed by atoms with Crippen LogP contribution in [0.4, 0.5) is 4.39 Å². The first-order valence-electron chi connectivity index (χ1n) is 8.77. The van der Waals surface area contributed by atoms with Crippen LogP contribution in [0.2, 0.25) is 0 Å². The summed E-state index contributed by atoms with van der Waals surface area (Å²) in [6.45, 7) is 3.72. The first-order valence-corrected chi connectivity index (χ1v) is 10.7. The van der Waals surface area contributed by atoms with Crippen LogP contribution in [-0.2, 0) is 19.4 Å². The molecule has 1 aliphatic rings. The molecule has 0 saturated carbocycles. The highest BCUT2D eigenvalue weighted by Crippen LogP contribution is 2.40. The average Bonchev–Trinajstić information content (AvgIpc) is 2.96. The minimum atomic E-state index is -3.69. The summed E-state index contributed by atoms with van der Waals surface area (Å²) in [4.78, 5) is 12.2. The fourth-order valence-electron chi connectivity index (χ4n) is 3.41. The Morgan fingerprint density at radius 1 is 1.14 bits per heavy atom. The van der Waals surface area contributed by atoms with Crippen molar-refractivity contribution in [3.8, 4) is 5.75 Å². The minimum absolute atomic E-state index is 0.351. The summed E-state index contributed by atoms with van der Waals surface area (Å²) in [7, 11) is -2.12. The van der Waals surface area contributed by atoms with Crippen molar-refractivity contribution >= 4 is 27.0 Å². The number of benzene rings is 2. The van der Waals surface area contributed by atoms with Crippen molar-refractivity contribution in [2.45, 2.75) is 31.3 Å². The summed E-state index contributed by atoms with van der Waals surface area (Å²) in [5, 5.41) is 0. The first kappa shape index (κ1) is 20.1. The number of carbonyl (C=O) groups is 1. The summed E-state index contributed by atoms with van der Waals surface area (Å²) in [5.74, 6) is -0.654. The Morgan fingerprint density at radius 2 is 1.82 bits per heavy atom. The number of halogens is 1. The van der Waals surface area contributed by atoms with Gasteiger partial charge in [-0.15, -0.1) is 0 Å². The lowest BCUT2D eigenvalue weighted by molar-refractivity contribution is -0.137. The van der Waals surface area contributed by atoms with Crippen molar-refractivity contribution < 1.29 is 27.1 Å². The zero-order chi connectivity index (χ0) is 20.6. The molecule has 1 aliphatic heterocycles. The van der Waals surface area contributed by atoms with Gasteiger partial charge in [-0.25, -0.2) is 17.6 Å². The first-order chi connectivity index (χ1) is 13.2. The van der Waals surface area contributed by atoms with E-state index in [-0.39, 0.29) is 4.90 Å². The van der Waals surface area contributed by atoms with Crippen LogP contribution in [0.3, 0.4) is 0 Å². The number of sulfone groups is 1. The van der Waals surface area contributed by atoms with Crippen LogP contribution >= 0.6 is 0 Å². The Labute approximate surface area is 163 Å². The van der Waals surface area contributed by atoms with E-state index in [1.807, 2.05) is 19.9 Å². The number of rotatable bonds is 5. The lowest BCUT2D eigenvalue weighted by Gasteiger charge is -2.14. The van der Waals surface area contributed by atoms with E-state index in [1.54, 1.807) is 19.2 Å². The van der Waals surface area contributed by atoms with Crippen molar-refractivity contribution in [1.29, 1.82) is 0 Å². The SMILES string of the molecule is CCC1OC(=O)C(c2ccc(OC)c(C)c2)=C1c1ccc(S(C)(=O)=O)c(F)c1. The molecule has 0 fully saturated rings. The third-order valence-electron chi connectivity index (χ3n) is 4.74. The fraction of sp³-hybridized carbons (Fsp3) is 0.286. The molecule has 1 heterocycles. The highest BCUT2D eigenvalue weighted by molar-refractivity contribution is 7.90. The van der Waals surface area contributed by atoms with Gasteiger partial charge in [0.05, 0.1) is 12.7 Å². The van der Waals surface area contributed by atoms with Gasteiger partial charge in [-0.3, -0.25) is 0 Å². The van der Waals surface area contributed by atoms with Crippen LogP contribution in [0.1, 0.15) is 30.0 Å². The van der Waals surface area contributed by atoms with Gasteiger partial charge in [0.1, 0.15) is 22.6 Å². The molecule has 3 rings (SSSR count). The zero-order valence-electron chi connectivity index (χ0n) is 16.1. The molecule has 1 atom stereocenters. The van der Waals surface area contributed by atoms with Gasteiger partial charge >= 0.3 is 5.97 Å². The molecule has 0 amide bonds. The van der Waals surface area contributed by atoms with Crippen molar-refractivity contribution in [1.82, 2.24) is 0 Å². The maximum absolute atomic E-state index is 14.5. The van der Waals surface area contributed by atoms with E-state index < -0.39 is 27.7 Å². The van der Waals surface area contributed by atoms with E-state index in [4.69, 9.17) is 9.47 Å². The van der Waals surface area contributed by atoms with Crippen molar-refractivity contribution in [3.05, 3.63) is 58.9 Å². The highest BCUT2D eigenvalue weighted by Gasteiger charge is 2.35. The molecule has 28 heavy (non-hydrogen) atoms. The van der Waals surface area contributed by atoms with E-state index in [9.17, 15) is 17.6 Å². The Kier molecular flexibility index (Phi) is 5.30. The standard InChI is InChI=1S/C21H21FO5S/c1-5-16-19(14-7-9-18(15(22)11-14)28(4,24)25)20(21(23)27-16)13-6-8-17(26-3)12(2)10-13/h6-11,16H,5H2,1-4H3. The third kappa shape index (κ3) is 3.54. The molecule has 7 heteroatoms. The summed E-state index contributed by atoms with van der Waals surface area (Å²) < 4.78 is 48.6. The molecule has 2 aromatic rings. The number of carbonyl (C=O) groups excluding carboxylic acids is 1. The Bertz CT molecular complexity index is 1090. The quantitative estimate of drug-likeness (QED) is 0.709. The largest absolute Gasteiger partial charge is 0.496 e. The van der Waals surface area contributed by atoms with Crippen LogP contribution in [-0.4, -0.2) is 33.9 Å². The van der Waals surface area contributed by atoms with Crippen LogP contribution in [0.15, 0.2) is 41.3 Å². The number of cyclic esters (lactones) is 1. The summed E-state index contributed by atoms with van der Waals surface area (Å²) in [5.41, 5.74) is 2.81. The number of hydrogen-bond donors (Lipinski definition) is 0. The molecule has 0 bridgehead atoms. The van der Waals surface area contributed by atoms with E-state index >= 15 is 0 Å². The van der Waals surface area contributed by atoms with Crippen molar-refractivity contribution in [2.24, 2.45) is 0 Å². The van der Waals surface area contributed by atoms with Gasteiger partial charge in [-0.1, -0.05) is 19.1 Å². The van der Waals surface area contributed by atoms with Gasteiger partial charge in [0.25, 0.3) is 0 Å². The minimum Gasteiger partial charge on any atom is -0.496 e. The number of methoxy groups -OCH3 is 1. The molecular weight excluding hydrogens is 383 g/mol. The Morgan fingerprint density at radius 3 is 2.36 bits per heavy atom. The van der Waals surface area contributed by atoms with E-state index in [2.05, 4.69) is 0 Å². The normalized spacial score (nSPS) is 17.0. The summed E-state index contributed by atoms with van der Waals surface area (Å²) in [6.07, 6.45) is 0.927. The molecule has 0 radical (unpaired) electrons. The average molecular weight is 404 g/mol. The molecule has 2 aromatic carbocycles. The zero-order valence-corrected chi connectivity index (χ0v) is 16.9. The Hall–Kier alpha value is -2.67. The molecular formula is C21H21FO5S. The Balaban J connectivity index is 2.22. The number of hydrogen-bond acceptors (Lipinski definition) is 5. The topological polar surface area (TPSA) is 69.7 Å². The third-order valence-corrected chi connectivity index (χ3v) is 5.87. The van der Waals surface area contributed by atoms with Crippen LogP contribution in [0.25, 0.3) is 11.1 Å². The molecule has 0 aliphatic carbocycles. The fourth-order valence-corrected chi connectivity index (χ4v) is 4.14. The van der Waals surface area contributed by atoms with Crippen LogP contribution in [0, 0.1) is 12.7 Å². The van der Waals surface area contributed by atoms with Gasteiger partial charge in [-0.05, 0) is 54.3 Å². The second kappa shape index (κ2) is 7.39. The van der Waals surface area contributed by atoms with E-state index in [1.165, 1.54) is 12.1 Å². The maximum Gasteiger partial charge on any atom is 0.339 e. The second-order valence-electron chi connectivity index (χ2n) is 6.69. The van der Waals surface area contributed by atoms with Crippen LogP contribution in [0.5, 0.6) is 5.75 Å².